The number of nitrogens with one attached hydrogen (secondary N) is 1. The van der Waals surface area contributed by atoms with Crippen LogP contribution in [0.25, 0.3) is 0 Å². The van der Waals surface area contributed by atoms with Crippen molar-refractivity contribution in [2.75, 3.05) is 59.5 Å². The number of aliphatic imine (C=N–C) groups is 1. The average molecular weight is 325 g/mol. The largest absolute Gasteiger partial charge is 0.383 e. The Morgan fingerprint density at radius 1 is 1.13 bits per heavy atom. The minimum Gasteiger partial charge on any atom is -0.383 e. The zero-order valence-corrected chi connectivity index (χ0v) is 15.4. The summed E-state index contributed by atoms with van der Waals surface area (Å²) in [6.45, 7) is 13.1. The van der Waals surface area contributed by atoms with Crippen LogP contribution in [-0.2, 0) is 4.74 Å². The summed E-state index contributed by atoms with van der Waals surface area (Å²) in [5, 5.41) is 3.49. The molecule has 5 heteroatoms. The number of nitrogens with zero attached hydrogens (tertiary/aromatic N) is 3. The molecule has 2 rings (SSSR count). The third-order valence-corrected chi connectivity index (χ3v) is 5.24. The van der Waals surface area contributed by atoms with Crippen molar-refractivity contribution in [3.05, 3.63) is 0 Å². The molecule has 5 nitrogen and oxygen atoms in total. The van der Waals surface area contributed by atoms with Crippen LogP contribution in [0.4, 0.5) is 0 Å². The van der Waals surface area contributed by atoms with E-state index in [0.717, 1.165) is 57.1 Å². The maximum absolute atomic E-state index is 5.17. The van der Waals surface area contributed by atoms with E-state index in [9.17, 15) is 0 Å². The zero-order valence-electron chi connectivity index (χ0n) is 15.4. The van der Waals surface area contributed by atoms with Crippen LogP contribution in [0.3, 0.4) is 0 Å². The molecule has 0 aromatic heterocycles. The molecule has 0 amide bonds. The SMILES string of the molecule is CCNC(=NCC1CCN(CCOC)CC1)N1CCC(C)CC1. The van der Waals surface area contributed by atoms with E-state index in [1.165, 1.54) is 38.8 Å². The molecule has 2 aliphatic heterocycles. The molecule has 134 valence electrons. The van der Waals surface area contributed by atoms with Gasteiger partial charge < -0.3 is 19.9 Å². The third kappa shape index (κ3) is 6.30. The van der Waals surface area contributed by atoms with E-state index >= 15 is 0 Å². The van der Waals surface area contributed by atoms with E-state index in [0.29, 0.717) is 0 Å². The molecule has 0 aliphatic carbocycles. The van der Waals surface area contributed by atoms with Gasteiger partial charge in [-0.05, 0) is 57.5 Å². The Morgan fingerprint density at radius 2 is 1.83 bits per heavy atom. The van der Waals surface area contributed by atoms with E-state index in [2.05, 4.69) is 29.0 Å². The summed E-state index contributed by atoms with van der Waals surface area (Å²) in [6, 6.07) is 0. The van der Waals surface area contributed by atoms with Gasteiger partial charge in [0.1, 0.15) is 0 Å². The summed E-state index contributed by atoms with van der Waals surface area (Å²) in [5.41, 5.74) is 0. The van der Waals surface area contributed by atoms with Gasteiger partial charge in [0.05, 0.1) is 6.61 Å². The van der Waals surface area contributed by atoms with Gasteiger partial charge in [0.25, 0.3) is 0 Å². The monoisotopic (exact) mass is 324 g/mol. The lowest BCUT2D eigenvalue weighted by molar-refractivity contribution is 0.121. The molecule has 0 unspecified atom stereocenters. The van der Waals surface area contributed by atoms with Gasteiger partial charge in [-0.2, -0.15) is 0 Å². The van der Waals surface area contributed by atoms with Crippen molar-refractivity contribution < 1.29 is 4.74 Å². The number of methoxy groups -OCH3 is 1. The van der Waals surface area contributed by atoms with Crippen molar-refractivity contribution in [1.29, 1.82) is 0 Å². The molecule has 0 bridgehead atoms. The molecule has 1 N–H and O–H groups in total. The molecule has 0 spiro atoms. The van der Waals surface area contributed by atoms with Crippen LogP contribution >= 0.6 is 0 Å². The van der Waals surface area contributed by atoms with Crippen molar-refractivity contribution in [1.82, 2.24) is 15.1 Å². The first-order valence-electron chi connectivity index (χ1n) is 9.47. The topological polar surface area (TPSA) is 40.1 Å². The summed E-state index contributed by atoms with van der Waals surface area (Å²) >= 11 is 0. The minimum absolute atomic E-state index is 0.742. The molecule has 0 saturated carbocycles. The molecule has 0 atom stereocenters. The Balaban J connectivity index is 1.77. The van der Waals surface area contributed by atoms with Crippen molar-refractivity contribution in [3.8, 4) is 0 Å². The fraction of sp³-hybridized carbons (Fsp3) is 0.944. The van der Waals surface area contributed by atoms with Crippen molar-refractivity contribution >= 4 is 5.96 Å². The Morgan fingerprint density at radius 3 is 2.43 bits per heavy atom. The summed E-state index contributed by atoms with van der Waals surface area (Å²) < 4.78 is 5.17. The maximum Gasteiger partial charge on any atom is 0.193 e. The fourth-order valence-electron chi connectivity index (χ4n) is 3.47. The molecular weight excluding hydrogens is 288 g/mol. The highest BCUT2D eigenvalue weighted by Crippen LogP contribution is 2.19. The maximum atomic E-state index is 5.17. The number of rotatable bonds is 6. The molecule has 0 aromatic carbocycles. The quantitative estimate of drug-likeness (QED) is 0.600. The highest BCUT2D eigenvalue weighted by Gasteiger charge is 2.21. The van der Waals surface area contributed by atoms with Crippen LogP contribution in [0.15, 0.2) is 4.99 Å². The van der Waals surface area contributed by atoms with E-state index in [-0.39, 0.29) is 0 Å². The molecule has 2 heterocycles. The summed E-state index contributed by atoms with van der Waals surface area (Å²) in [6.07, 6.45) is 5.12. The standard InChI is InChI=1S/C18H36N4O/c1-4-19-18(22-11-5-16(2)6-12-22)20-15-17-7-9-21(10-8-17)13-14-23-3/h16-17H,4-15H2,1-3H3,(H,19,20). The van der Waals surface area contributed by atoms with E-state index in [1.54, 1.807) is 7.11 Å². The van der Waals surface area contributed by atoms with Crippen LogP contribution in [0, 0.1) is 11.8 Å². The lowest BCUT2D eigenvalue weighted by Gasteiger charge is -2.34. The van der Waals surface area contributed by atoms with Gasteiger partial charge >= 0.3 is 0 Å². The van der Waals surface area contributed by atoms with Crippen molar-refractivity contribution in [2.45, 2.75) is 39.5 Å². The van der Waals surface area contributed by atoms with E-state index in [1.807, 2.05) is 0 Å². The van der Waals surface area contributed by atoms with Gasteiger partial charge in [-0.25, -0.2) is 0 Å². The van der Waals surface area contributed by atoms with Gasteiger partial charge in [-0.1, -0.05) is 6.92 Å². The van der Waals surface area contributed by atoms with E-state index in [4.69, 9.17) is 9.73 Å². The lowest BCUT2D eigenvalue weighted by atomic mass is 9.97. The Labute approximate surface area is 142 Å². The smallest absolute Gasteiger partial charge is 0.193 e. The van der Waals surface area contributed by atoms with Gasteiger partial charge in [-0.15, -0.1) is 0 Å². The molecule has 2 fully saturated rings. The number of hydrogen-bond acceptors (Lipinski definition) is 3. The fourth-order valence-corrected chi connectivity index (χ4v) is 3.47. The molecule has 23 heavy (non-hydrogen) atoms. The summed E-state index contributed by atoms with van der Waals surface area (Å²) in [7, 11) is 1.78. The van der Waals surface area contributed by atoms with Crippen LogP contribution in [0.2, 0.25) is 0 Å². The predicted molar refractivity (Wildman–Crippen MR) is 97.0 cm³/mol. The normalized spacial score (nSPS) is 22.6. The Hall–Kier alpha value is -0.810. The molecule has 2 saturated heterocycles. The number of piperidine rings is 2. The highest BCUT2D eigenvalue weighted by atomic mass is 16.5. The first-order chi connectivity index (χ1) is 11.2. The van der Waals surface area contributed by atoms with Crippen LogP contribution in [0.1, 0.15) is 39.5 Å². The van der Waals surface area contributed by atoms with Crippen molar-refractivity contribution in [2.24, 2.45) is 16.8 Å². The Bertz CT molecular complexity index is 345. The van der Waals surface area contributed by atoms with E-state index < -0.39 is 0 Å². The minimum atomic E-state index is 0.742. The third-order valence-electron chi connectivity index (χ3n) is 5.24. The second-order valence-electron chi connectivity index (χ2n) is 7.14. The van der Waals surface area contributed by atoms with Crippen LogP contribution in [0.5, 0.6) is 0 Å². The lowest BCUT2D eigenvalue weighted by Crippen LogP contribution is -2.45. The zero-order chi connectivity index (χ0) is 16.5. The number of likely N-dealkylation sites (tertiary alicyclic amines) is 2. The second kappa shape index (κ2) is 10.1. The molecule has 2 aliphatic rings. The van der Waals surface area contributed by atoms with Gasteiger partial charge in [0.2, 0.25) is 0 Å². The number of guanidine groups is 1. The van der Waals surface area contributed by atoms with Crippen LogP contribution in [-0.4, -0.2) is 75.3 Å². The molecular formula is C18H36N4O. The summed E-state index contributed by atoms with van der Waals surface area (Å²) in [4.78, 5) is 9.93. The Kier molecular flexibility index (Phi) is 8.17. The molecule has 0 aromatic rings. The average Bonchev–Trinajstić information content (AvgIpc) is 2.58. The first-order valence-corrected chi connectivity index (χ1v) is 9.47. The number of ether oxygens (including phenoxy) is 1. The second-order valence-corrected chi connectivity index (χ2v) is 7.14. The predicted octanol–water partition coefficient (Wildman–Crippen LogP) is 2.04. The first kappa shape index (κ1) is 18.5. The van der Waals surface area contributed by atoms with Gasteiger partial charge in [0, 0.05) is 39.8 Å². The number of hydrogen-bond donors (Lipinski definition) is 1. The van der Waals surface area contributed by atoms with Gasteiger partial charge in [-0.3, -0.25) is 4.99 Å². The molecule has 0 radical (unpaired) electrons. The van der Waals surface area contributed by atoms with Gasteiger partial charge in [0.15, 0.2) is 5.96 Å². The van der Waals surface area contributed by atoms with Crippen LogP contribution < -0.4 is 5.32 Å². The highest BCUT2D eigenvalue weighted by molar-refractivity contribution is 5.80. The van der Waals surface area contributed by atoms with Crippen molar-refractivity contribution in [3.63, 3.8) is 0 Å². The summed E-state index contributed by atoms with van der Waals surface area (Å²) in [5.74, 6) is 2.75.